The molecular formula is C36H25F5N2O2. The van der Waals surface area contributed by atoms with Gasteiger partial charge in [-0.3, -0.25) is 0 Å². The minimum Gasteiger partial charge on any atom is -0.418 e. The van der Waals surface area contributed by atoms with Crippen LogP contribution in [0, 0.1) is 29.1 Å². The van der Waals surface area contributed by atoms with Crippen LogP contribution < -0.4 is 4.74 Å². The highest BCUT2D eigenvalue weighted by Crippen LogP contribution is 2.36. The Kier molecular flexibility index (Phi) is 7.23. The Bertz CT molecular complexity index is 2120. The summed E-state index contributed by atoms with van der Waals surface area (Å²) in [5, 5.41) is 3.94. The Morgan fingerprint density at radius 3 is 1.44 bits per heavy atom. The third-order valence-electron chi connectivity index (χ3n) is 8.36. The van der Waals surface area contributed by atoms with Crippen molar-refractivity contribution in [3.05, 3.63) is 126 Å². The summed E-state index contributed by atoms with van der Waals surface area (Å²) in [7, 11) is 0. The number of hydrogen-bond donors (Lipinski definition) is 0. The van der Waals surface area contributed by atoms with E-state index < -0.39 is 46.8 Å². The highest BCUT2D eigenvalue weighted by molar-refractivity contribution is 6.09. The number of fused-ring (bicyclic) bond motifs is 6. The van der Waals surface area contributed by atoms with Gasteiger partial charge in [0.05, 0.1) is 0 Å². The molecule has 5 aromatic carbocycles. The molecule has 0 bridgehead atoms. The summed E-state index contributed by atoms with van der Waals surface area (Å²) in [6, 6.07) is 29.8. The maximum absolute atomic E-state index is 14.6. The lowest BCUT2D eigenvalue weighted by molar-refractivity contribution is -0.138. The van der Waals surface area contributed by atoms with Crippen molar-refractivity contribution in [2.45, 2.75) is 31.8 Å². The van der Waals surface area contributed by atoms with Crippen LogP contribution in [0.5, 0.6) is 5.75 Å². The quantitative estimate of drug-likeness (QED) is 0.0428. The summed E-state index contributed by atoms with van der Waals surface area (Å²) in [6.07, 6.45) is 1.29. The Balaban J connectivity index is 1.25. The number of esters is 1. The average molecular weight is 613 g/mol. The Morgan fingerprint density at radius 1 is 0.556 bits per heavy atom. The number of unbranched alkanes of at least 4 members (excludes halogenated alkanes) is 1. The highest BCUT2D eigenvalue weighted by Gasteiger charge is 2.32. The molecule has 7 rings (SSSR count). The monoisotopic (exact) mass is 612 g/mol. The summed E-state index contributed by atoms with van der Waals surface area (Å²) in [5.41, 5.74) is 3.48. The van der Waals surface area contributed by atoms with Crippen molar-refractivity contribution in [1.29, 1.82) is 0 Å². The zero-order chi connectivity index (χ0) is 31.2. The second kappa shape index (κ2) is 11.4. The van der Waals surface area contributed by atoms with E-state index in [0.29, 0.717) is 30.4 Å². The number of rotatable bonds is 8. The van der Waals surface area contributed by atoms with Crippen LogP contribution in [0.25, 0.3) is 43.6 Å². The first-order chi connectivity index (χ1) is 21.9. The molecule has 0 amide bonds. The van der Waals surface area contributed by atoms with E-state index in [1.165, 1.54) is 0 Å². The van der Waals surface area contributed by atoms with Crippen LogP contribution in [0.4, 0.5) is 22.0 Å². The van der Waals surface area contributed by atoms with E-state index in [0.717, 1.165) is 32.6 Å². The van der Waals surface area contributed by atoms with Crippen molar-refractivity contribution in [3.63, 3.8) is 0 Å². The van der Waals surface area contributed by atoms with Crippen LogP contribution >= 0.6 is 0 Å². The first kappa shape index (κ1) is 28.6. The number of nitrogens with zero attached hydrogens (tertiary/aromatic N) is 2. The van der Waals surface area contributed by atoms with E-state index in [1.54, 1.807) is 16.7 Å². The largest absolute Gasteiger partial charge is 0.418 e. The molecule has 4 nitrogen and oxygen atoms in total. The number of benzene rings is 5. The van der Waals surface area contributed by atoms with Crippen molar-refractivity contribution in [3.8, 4) is 5.75 Å². The van der Waals surface area contributed by atoms with Crippen molar-refractivity contribution in [1.82, 2.24) is 9.13 Å². The zero-order valence-corrected chi connectivity index (χ0v) is 23.7. The number of carbonyl (C=O) groups is 1. The molecule has 0 aliphatic rings. The van der Waals surface area contributed by atoms with Gasteiger partial charge in [-0.25, -0.2) is 18.0 Å². The third-order valence-corrected chi connectivity index (χ3v) is 8.36. The lowest BCUT2D eigenvalue weighted by Crippen LogP contribution is -2.25. The zero-order valence-electron chi connectivity index (χ0n) is 23.7. The van der Waals surface area contributed by atoms with Gasteiger partial charge in [0.2, 0.25) is 34.8 Å². The summed E-state index contributed by atoms with van der Waals surface area (Å²) in [4.78, 5) is 13.8. The molecule has 226 valence electrons. The smallest absolute Gasteiger partial charge is 0.334 e. The third kappa shape index (κ3) is 4.70. The molecule has 0 saturated heterocycles. The van der Waals surface area contributed by atoms with Gasteiger partial charge in [0.15, 0.2) is 0 Å². The first-order valence-electron chi connectivity index (χ1n) is 14.5. The van der Waals surface area contributed by atoms with Crippen LogP contribution in [0.1, 0.15) is 25.3 Å². The molecule has 0 spiro atoms. The number of ether oxygens (including phenoxy) is 1. The van der Waals surface area contributed by atoms with E-state index in [9.17, 15) is 26.7 Å². The molecular weight excluding hydrogens is 587 g/mol. The molecule has 7 aromatic rings. The van der Waals surface area contributed by atoms with E-state index in [4.69, 9.17) is 4.74 Å². The van der Waals surface area contributed by atoms with Crippen molar-refractivity contribution >= 4 is 49.6 Å². The van der Waals surface area contributed by atoms with Crippen LogP contribution in [0.3, 0.4) is 0 Å². The molecule has 45 heavy (non-hydrogen) atoms. The molecule has 0 aliphatic carbocycles. The predicted molar refractivity (Wildman–Crippen MR) is 164 cm³/mol. The number of hydrogen-bond acceptors (Lipinski definition) is 2. The lowest BCUT2D eigenvalue weighted by atomic mass is 10.1. The maximum Gasteiger partial charge on any atom is 0.334 e. The van der Waals surface area contributed by atoms with Crippen LogP contribution in [-0.2, 0) is 11.3 Å². The van der Waals surface area contributed by atoms with Gasteiger partial charge in [-0.15, -0.1) is 0 Å². The SMILES string of the molecule is O=C(Oc1c(F)c(F)c(F)c(F)c1F)C(CCCCn1c2ccccc2c2ccccc21)n1c2ccccc2c2ccccc21. The predicted octanol–water partition coefficient (Wildman–Crippen LogP) is 9.62. The van der Waals surface area contributed by atoms with Crippen molar-refractivity contribution < 1.29 is 31.5 Å². The second-order valence-electron chi connectivity index (χ2n) is 10.9. The minimum atomic E-state index is -2.33. The molecule has 0 fully saturated rings. The van der Waals surface area contributed by atoms with E-state index >= 15 is 0 Å². The summed E-state index contributed by atoms with van der Waals surface area (Å²) < 4.78 is 79.8. The Labute approximate surface area is 253 Å². The maximum atomic E-state index is 14.6. The minimum absolute atomic E-state index is 0.175. The molecule has 0 radical (unpaired) electrons. The fourth-order valence-electron chi connectivity index (χ4n) is 6.34. The average Bonchev–Trinajstić information content (AvgIpc) is 3.58. The molecule has 0 N–H and O–H groups in total. The summed E-state index contributed by atoms with van der Waals surface area (Å²) >= 11 is 0. The first-order valence-corrected chi connectivity index (χ1v) is 14.5. The van der Waals surface area contributed by atoms with Gasteiger partial charge < -0.3 is 13.9 Å². The number of carbonyl (C=O) groups excluding carboxylic acids is 1. The topological polar surface area (TPSA) is 36.2 Å². The van der Waals surface area contributed by atoms with E-state index in [-0.39, 0.29) is 6.42 Å². The van der Waals surface area contributed by atoms with Crippen LogP contribution in [-0.4, -0.2) is 15.1 Å². The Morgan fingerprint density at radius 2 is 0.956 bits per heavy atom. The van der Waals surface area contributed by atoms with Crippen molar-refractivity contribution in [2.75, 3.05) is 0 Å². The fourth-order valence-corrected chi connectivity index (χ4v) is 6.34. The molecule has 2 heterocycles. The van der Waals surface area contributed by atoms with Gasteiger partial charge in [0.25, 0.3) is 0 Å². The Hall–Kier alpha value is -5.18. The van der Waals surface area contributed by atoms with Gasteiger partial charge in [0, 0.05) is 50.2 Å². The molecule has 0 aliphatic heterocycles. The molecule has 2 aromatic heterocycles. The number of aryl methyl sites for hydroxylation is 1. The van der Waals surface area contributed by atoms with E-state index in [1.807, 2.05) is 60.7 Å². The lowest BCUT2D eigenvalue weighted by Gasteiger charge is -2.21. The molecule has 1 atom stereocenters. The van der Waals surface area contributed by atoms with Crippen molar-refractivity contribution in [2.24, 2.45) is 0 Å². The number of para-hydroxylation sites is 4. The summed E-state index contributed by atoms with van der Waals surface area (Å²) in [5.74, 6) is -13.9. The fraction of sp³-hybridized carbons (Fsp3) is 0.139. The van der Waals surface area contributed by atoms with Crippen LogP contribution in [0.2, 0.25) is 0 Å². The van der Waals surface area contributed by atoms with Gasteiger partial charge in [0.1, 0.15) is 6.04 Å². The van der Waals surface area contributed by atoms with Gasteiger partial charge >= 0.3 is 5.97 Å². The normalized spacial score (nSPS) is 12.5. The molecule has 1 unspecified atom stereocenters. The standard InChI is InChI=1S/C36H25F5N2O2/c37-30-31(38)33(40)35(34(41)32(30)39)45-36(44)29(43-27-17-7-3-13-23(27)24-14-4-8-18-28(24)43)19-9-10-20-42-25-15-5-1-11-21(25)22-12-2-6-16-26(22)42/h1-8,11-18,29H,9-10,19-20H2. The van der Waals surface area contributed by atoms with Gasteiger partial charge in [-0.2, -0.15) is 8.78 Å². The number of halogens is 5. The molecule has 9 heteroatoms. The van der Waals surface area contributed by atoms with Crippen LogP contribution in [0.15, 0.2) is 97.1 Å². The molecule has 0 saturated carbocycles. The number of aromatic nitrogens is 2. The van der Waals surface area contributed by atoms with Gasteiger partial charge in [-0.05, 0) is 43.5 Å². The highest BCUT2D eigenvalue weighted by atomic mass is 19.2. The second-order valence-corrected chi connectivity index (χ2v) is 10.9. The summed E-state index contributed by atoms with van der Waals surface area (Å²) in [6.45, 7) is 0.626. The van der Waals surface area contributed by atoms with E-state index in [2.05, 4.69) is 28.8 Å². The van der Waals surface area contributed by atoms with Gasteiger partial charge in [-0.1, -0.05) is 72.8 Å².